The minimum Gasteiger partial charge on any atom is -0.618 e. The van der Waals surface area contributed by atoms with Crippen molar-refractivity contribution in [1.29, 1.82) is 0 Å². The smallest absolute Gasteiger partial charge is 0.320 e. The van der Waals surface area contributed by atoms with E-state index in [1.165, 1.54) is 31.9 Å². The van der Waals surface area contributed by atoms with Crippen LogP contribution in [0, 0.1) is 11.1 Å². The minimum atomic E-state index is -0.0926. The summed E-state index contributed by atoms with van der Waals surface area (Å²) >= 11 is 0. The molecule has 1 amide bonds. The molecule has 0 N–H and O–H groups in total. The molecule has 2 aliphatic rings. The number of hydrogen-bond acceptors (Lipinski definition) is 2. The number of rotatable bonds is 2. The summed E-state index contributed by atoms with van der Waals surface area (Å²) in [5.41, 5.74) is 0.257. The Morgan fingerprint density at radius 3 is 2.74 bits per heavy atom. The Labute approximate surface area is 113 Å². The van der Waals surface area contributed by atoms with E-state index in [4.69, 9.17) is 0 Å². The second kappa shape index (κ2) is 5.19. The maximum absolute atomic E-state index is 12.5. The first-order valence-corrected chi connectivity index (χ1v) is 7.26. The van der Waals surface area contributed by atoms with Crippen molar-refractivity contribution in [2.24, 2.45) is 5.92 Å². The van der Waals surface area contributed by atoms with Crippen LogP contribution in [0.2, 0.25) is 0 Å². The van der Waals surface area contributed by atoms with Crippen LogP contribution in [-0.2, 0) is 0 Å². The molecular formula is C15H20N2O2. The third-order valence-electron chi connectivity index (χ3n) is 4.55. The third-order valence-corrected chi connectivity index (χ3v) is 4.55. The summed E-state index contributed by atoms with van der Waals surface area (Å²) in [6.45, 7) is 0.800. The van der Waals surface area contributed by atoms with Gasteiger partial charge in [0, 0.05) is 24.7 Å². The van der Waals surface area contributed by atoms with Gasteiger partial charge in [-0.2, -0.15) is 4.73 Å². The molecule has 3 rings (SSSR count). The van der Waals surface area contributed by atoms with Crippen molar-refractivity contribution in [1.82, 2.24) is 4.90 Å². The van der Waals surface area contributed by atoms with E-state index in [2.05, 4.69) is 0 Å². The molecule has 102 valence electrons. The highest BCUT2D eigenvalue weighted by atomic mass is 16.5. The number of pyridine rings is 1. The Kier molecular flexibility index (Phi) is 3.40. The summed E-state index contributed by atoms with van der Waals surface area (Å²) in [4.78, 5) is 14.5. The van der Waals surface area contributed by atoms with Gasteiger partial charge in [0.05, 0.1) is 0 Å². The summed E-state index contributed by atoms with van der Waals surface area (Å²) in [5, 5.41) is 11.7. The molecule has 2 heterocycles. The summed E-state index contributed by atoms with van der Waals surface area (Å²) in [6.07, 6.45) is 8.61. The molecule has 1 saturated heterocycles. The lowest BCUT2D eigenvalue weighted by Gasteiger charge is -2.28. The van der Waals surface area contributed by atoms with Crippen LogP contribution in [0.3, 0.4) is 0 Å². The van der Waals surface area contributed by atoms with Crippen molar-refractivity contribution in [2.75, 3.05) is 6.54 Å². The van der Waals surface area contributed by atoms with Crippen LogP contribution in [0.1, 0.15) is 49.0 Å². The number of hydrogen-bond donors (Lipinski definition) is 0. The van der Waals surface area contributed by atoms with Crippen LogP contribution in [0.5, 0.6) is 0 Å². The van der Waals surface area contributed by atoms with Crippen molar-refractivity contribution in [3.05, 3.63) is 35.3 Å². The predicted octanol–water partition coefficient (Wildman–Crippen LogP) is 2.11. The Balaban J connectivity index is 1.80. The Hall–Kier alpha value is -1.58. The van der Waals surface area contributed by atoms with Crippen LogP contribution in [0.15, 0.2) is 24.4 Å². The zero-order chi connectivity index (χ0) is 13.2. The van der Waals surface area contributed by atoms with Gasteiger partial charge >= 0.3 is 5.91 Å². The average Bonchev–Trinajstić information content (AvgIpc) is 3.09. The van der Waals surface area contributed by atoms with Crippen molar-refractivity contribution in [3.63, 3.8) is 0 Å². The van der Waals surface area contributed by atoms with Gasteiger partial charge in [-0.1, -0.05) is 12.8 Å². The van der Waals surface area contributed by atoms with E-state index in [0.717, 1.165) is 19.4 Å². The molecule has 1 aromatic heterocycles. The SMILES string of the molecule is O=C(c1cccc[n+]1[O-])N1CCC[C@H]1C1CCCC1. The maximum Gasteiger partial charge on any atom is 0.320 e. The molecule has 0 spiro atoms. The second-order valence-electron chi connectivity index (χ2n) is 5.66. The fourth-order valence-corrected chi connectivity index (χ4v) is 3.62. The van der Waals surface area contributed by atoms with Gasteiger partial charge in [0.1, 0.15) is 0 Å². The van der Waals surface area contributed by atoms with Gasteiger partial charge < -0.3 is 10.1 Å². The molecule has 0 aromatic carbocycles. The van der Waals surface area contributed by atoms with Gasteiger partial charge in [0.25, 0.3) is 5.69 Å². The van der Waals surface area contributed by atoms with Gasteiger partial charge in [0.15, 0.2) is 6.20 Å². The lowest BCUT2D eigenvalue weighted by atomic mass is 9.96. The number of aromatic nitrogens is 1. The first kappa shape index (κ1) is 12.5. The van der Waals surface area contributed by atoms with Crippen molar-refractivity contribution in [2.45, 2.75) is 44.6 Å². The lowest BCUT2D eigenvalue weighted by molar-refractivity contribution is -0.608. The zero-order valence-electron chi connectivity index (χ0n) is 11.1. The highest BCUT2D eigenvalue weighted by Gasteiger charge is 2.38. The molecule has 1 aliphatic heterocycles. The molecule has 19 heavy (non-hydrogen) atoms. The molecule has 1 aliphatic carbocycles. The van der Waals surface area contributed by atoms with Crippen LogP contribution in [0.25, 0.3) is 0 Å². The number of carbonyl (C=O) groups excluding carboxylic acids is 1. The Morgan fingerprint density at radius 1 is 1.21 bits per heavy atom. The fraction of sp³-hybridized carbons (Fsp3) is 0.600. The van der Waals surface area contributed by atoms with E-state index in [1.54, 1.807) is 18.2 Å². The normalized spacial score (nSPS) is 24.0. The van der Waals surface area contributed by atoms with Crippen LogP contribution in [0.4, 0.5) is 0 Å². The van der Waals surface area contributed by atoms with E-state index in [1.807, 2.05) is 4.90 Å². The van der Waals surface area contributed by atoms with Gasteiger partial charge in [0.2, 0.25) is 0 Å². The van der Waals surface area contributed by atoms with E-state index in [-0.39, 0.29) is 11.6 Å². The molecule has 1 aromatic rings. The van der Waals surface area contributed by atoms with Crippen LogP contribution >= 0.6 is 0 Å². The maximum atomic E-state index is 12.5. The summed E-state index contributed by atoms with van der Waals surface area (Å²) in [5.74, 6) is 0.556. The molecule has 0 unspecified atom stereocenters. The highest BCUT2D eigenvalue weighted by Crippen LogP contribution is 2.35. The standard InChI is InChI=1S/C15H20N2O2/c18-15(14-8-3-4-11-17(14)19)16-10-5-9-13(16)12-6-1-2-7-12/h3-4,8,11-13H,1-2,5-7,9-10H2/t13-/m0/s1. The van der Waals surface area contributed by atoms with E-state index < -0.39 is 0 Å². The summed E-state index contributed by atoms with van der Waals surface area (Å²) < 4.78 is 0.687. The number of carbonyl (C=O) groups is 1. The van der Waals surface area contributed by atoms with Crippen LogP contribution in [-0.4, -0.2) is 23.4 Å². The van der Waals surface area contributed by atoms with Crippen molar-refractivity contribution >= 4 is 5.91 Å². The topological polar surface area (TPSA) is 47.2 Å². The van der Waals surface area contributed by atoms with E-state index >= 15 is 0 Å². The number of nitrogens with zero attached hydrogens (tertiary/aromatic N) is 2. The second-order valence-corrected chi connectivity index (χ2v) is 5.66. The van der Waals surface area contributed by atoms with Crippen molar-refractivity contribution in [3.8, 4) is 0 Å². The molecule has 0 bridgehead atoms. The Morgan fingerprint density at radius 2 is 2.00 bits per heavy atom. The first-order chi connectivity index (χ1) is 9.27. The van der Waals surface area contributed by atoms with Gasteiger partial charge in [-0.3, -0.25) is 4.79 Å². The molecule has 4 nitrogen and oxygen atoms in total. The molecular weight excluding hydrogens is 240 g/mol. The molecule has 2 fully saturated rings. The van der Waals surface area contributed by atoms with Crippen molar-refractivity contribution < 1.29 is 9.52 Å². The number of amides is 1. The number of likely N-dealkylation sites (tertiary alicyclic amines) is 1. The van der Waals surface area contributed by atoms with E-state index in [0.29, 0.717) is 16.7 Å². The monoisotopic (exact) mass is 260 g/mol. The molecule has 0 radical (unpaired) electrons. The van der Waals surface area contributed by atoms with Gasteiger partial charge in [-0.05, 0) is 37.7 Å². The van der Waals surface area contributed by atoms with E-state index in [9.17, 15) is 10.0 Å². The first-order valence-electron chi connectivity index (χ1n) is 7.26. The molecule has 1 atom stereocenters. The highest BCUT2D eigenvalue weighted by molar-refractivity contribution is 5.91. The summed E-state index contributed by atoms with van der Waals surface area (Å²) in [6, 6.07) is 5.39. The molecule has 1 saturated carbocycles. The molecule has 4 heteroatoms. The summed E-state index contributed by atoms with van der Waals surface area (Å²) in [7, 11) is 0. The van der Waals surface area contributed by atoms with Crippen LogP contribution < -0.4 is 4.73 Å². The fourth-order valence-electron chi connectivity index (χ4n) is 3.62. The Bertz CT molecular complexity index is 469. The third kappa shape index (κ3) is 2.31. The minimum absolute atomic E-state index is 0.0926. The predicted molar refractivity (Wildman–Crippen MR) is 71.4 cm³/mol. The quantitative estimate of drug-likeness (QED) is 0.604. The average molecular weight is 260 g/mol. The largest absolute Gasteiger partial charge is 0.618 e. The van der Waals surface area contributed by atoms with Gasteiger partial charge in [-0.25, -0.2) is 0 Å². The lowest BCUT2D eigenvalue weighted by Crippen LogP contribution is -2.45. The van der Waals surface area contributed by atoms with Gasteiger partial charge in [-0.15, -0.1) is 0 Å². The zero-order valence-corrected chi connectivity index (χ0v) is 11.1.